The highest BCUT2D eigenvalue weighted by Crippen LogP contribution is 2.15. The van der Waals surface area contributed by atoms with E-state index >= 15 is 0 Å². The Hall–Kier alpha value is -0.130. The summed E-state index contributed by atoms with van der Waals surface area (Å²) < 4.78 is 10.1. The highest BCUT2D eigenvalue weighted by molar-refractivity contribution is 8.93. The van der Waals surface area contributed by atoms with Gasteiger partial charge in [-0.15, -0.1) is 17.0 Å². The largest absolute Gasteiger partial charge is 0.450 e. The van der Waals surface area contributed by atoms with Gasteiger partial charge in [0.05, 0.1) is 5.92 Å². The minimum atomic E-state index is -0.104. The lowest BCUT2D eigenvalue weighted by Crippen LogP contribution is -2.27. The van der Waals surface area contributed by atoms with Crippen LogP contribution >= 0.6 is 17.0 Å². The van der Waals surface area contributed by atoms with Gasteiger partial charge in [0.1, 0.15) is 6.73 Å². The molecule has 13 heavy (non-hydrogen) atoms. The summed E-state index contributed by atoms with van der Waals surface area (Å²) in [6.45, 7) is 1.66. The number of carbonyl (C=O) groups excluding carboxylic acids is 1. The van der Waals surface area contributed by atoms with Crippen LogP contribution in [0.4, 0.5) is 0 Å². The summed E-state index contributed by atoms with van der Waals surface area (Å²) in [5.74, 6) is -0.0558. The summed E-state index contributed by atoms with van der Waals surface area (Å²) in [5.41, 5.74) is 0. The minimum absolute atomic E-state index is 0. The van der Waals surface area contributed by atoms with Gasteiger partial charge in [-0.05, 0) is 19.9 Å². The fourth-order valence-electron chi connectivity index (χ4n) is 1.19. The van der Waals surface area contributed by atoms with Crippen LogP contribution in [0.1, 0.15) is 12.8 Å². The Labute approximate surface area is 88.7 Å². The first kappa shape index (κ1) is 12.9. The molecule has 78 valence electrons. The zero-order valence-corrected chi connectivity index (χ0v) is 9.46. The fraction of sp³-hybridized carbons (Fsp3) is 0.875. The van der Waals surface area contributed by atoms with Gasteiger partial charge >= 0.3 is 5.97 Å². The lowest BCUT2D eigenvalue weighted by molar-refractivity contribution is -0.152. The smallest absolute Gasteiger partial charge is 0.310 e. The molecule has 0 atom stereocenters. The van der Waals surface area contributed by atoms with E-state index in [0.717, 1.165) is 12.8 Å². The van der Waals surface area contributed by atoms with Gasteiger partial charge in [0.2, 0.25) is 0 Å². The molecule has 0 unspecified atom stereocenters. The molecule has 0 aliphatic carbocycles. The van der Waals surface area contributed by atoms with Crippen LogP contribution < -0.4 is 5.32 Å². The van der Waals surface area contributed by atoms with Crippen molar-refractivity contribution in [2.45, 2.75) is 12.8 Å². The maximum atomic E-state index is 11.2. The van der Waals surface area contributed by atoms with E-state index in [4.69, 9.17) is 9.47 Å². The third-order valence-electron chi connectivity index (χ3n) is 1.91. The first-order valence-electron chi connectivity index (χ1n) is 4.23. The van der Waals surface area contributed by atoms with Crippen LogP contribution in [0.2, 0.25) is 0 Å². The lowest BCUT2D eigenvalue weighted by atomic mass is 10.0. The number of halogens is 1. The molecule has 0 spiro atoms. The quantitative estimate of drug-likeness (QED) is 0.595. The van der Waals surface area contributed by atoms with E-state index in [1.807, 2.05) is 0 Å². The molecule has 1 N–H and O–H groups in total. The summed E-state index contributed by atoms with van der Waals surface area (Å²) >= 11 is 0. The molecule has 0 aromatic rings. The van der Waals surface area contributed by atoms with Crippen LogP contribution in [0.3, 0.4) is 0 Å². The normalized spacial score (nSPS) is 17.6. The Morgan fingerprint density at radius 2 is 2.15 bits per heavy atom. The van der Waals surface area contributed by atoms with E-state index in [2.05, 4.69) is 5.32 Å². The summed E-state index contributed by atoms with van der Waals surface area (Å²) in [6, 6.07) is 0. The molecule has 0 saturated carbocycles. The predicted octanol–water partition coefficient (Wildman–Crippen LogP) is 0.711. The van der Waals surface area contributed by atoms with Crippen LogP contribution in [0.25, 0.3) is 0 Å². The first-order chi connectivity index (χ1) is 5.84. The van der Waals surface area contributed by atoms with Gasteiger partial charge in [-0.1, -0.05) is 0 Å². The number of esters is 1. The number of ether oxygens (including phenoxy) is 2. The molecule has 0 amide bonds. The number of carbonyl (C=O) groups is 1. The summed E-state index contributed by atoms with van der Waals surface area (Å²) in [7, 11) is 1.75. The van der Waals surface area contributed by atoms with Gasteiger partial charge in [0.25, 0.3) is 0 Å². The Morgan fingerprint density at radius 3 is 2.69 bits per heavy atom. The van der Waals surface area contributed by atoms with Gasteiger partial charge in [-0.3, -0.25) is 10.1 Å². The molecule has 0 radical (unpaired) electrons. The monoisotopic (exact) mass is 253 g/mol. The van der Waals surface area contributed by atoms with Crippen molar-refractivity contribution >= 4 is 23.0 Å². The number of hydrogen-bond acceptors (Lipinski definition) is 4. The van der Waals surface area contributed by atoms with Gasteiger partial charge in [0.15, 0.2) is 0 Å². The third kappa shape index (κ3) is 4.59. The van der Waals surface area contributed by atoms with Crippen molar-refractivity contribution in [2.24, 2.45) is 5.92 Å². The molecule has 1 saturated heterocycles. The molecule has 1 rings (SSSR count). The van der Waals surface area contributed by atoms with E-state index in [9.17, 15) is 4.79 Å². The van der Waals surface area contributed by atoms with Crippen molar-refractivity contribution in [2.75, 3.05) is 27.0 Å². The van der Waals surface area contributed by atoms with Crippen LogP contribution in [0.5, 0.6) is 0 Å². The standard InChI is InChI=1S/C8H15NO3.BrH/c1-9-6-12-8(10)7-2-4-11-5-3-7;/h7,9H,2-6H2,1H3;1H. The summed E-state index contributed by atoms with van der Waals surface area (Å²) in [4.78, 5) is 11.2. The Balaban J connectivity index is 0.00000144. The Kier molecular flexibility index (Phi) is 7.22. The molecule has 0 aromatic heterocycles. The predicted molar refractivity (Wildman–Crippen MR) is 53.9 cm³/mol. The molecule has 1 heterocycles. The average molecular weight is 254 g/mol. The Bertz CT molecular complexity index is 148. The Morgan fingerprint density at radius 1 is 1.54 bits per heavy atom. The molecular formula is C8H16BrNO3. The van der Waals surface area contributed by atoms with E-state index in [1.54, 1.807) is 7.05 Å². The molecule has 5 heteroatoms. The zero-order valence-electron chi connectivity index (χ0n) is 7.75. The molecule has 0 bridgehead atoms. The van der Waals surface area contributed by atoms with Crippen molar-refractivity contribution in [3.05, 3.63) is 0 Å². The zero-order chi connectivity index (χ0) is 8.81. The van der Waals surface area contributed by atoms with Crippen molar-refractivity contribution in [1.29, 1.82) is 0 Å². The van der Waals surface area contributed by atoms with Crippen molar-refractivity contribution in [3.63, 3.8) is 0 Å². The van der Waals surface area contributed by atoms with Crippen LogP contribution in [0.15, 0.2) is 0 Å². The van der Waals surface area contributed by atoms with Gasteiger partial charge < -0.3 is 9.47 Å². The van der Waals surface area contributed by atoms with Crippen LogP contribution in [-0.4, -0.2) is 33.0 Å². The van der Waals surface area contributed by atoms with Crippen molar-refractivity contribution in [1.82, 2.24) is 5.32 Å². The highest BCUT2D eigenvalue weighted by Gasteiger charge is 2.22. The third-order valence-corrected chi connectivity index (χ3v) is 1.91. The molecule has 1 fully saturated rings. The van der Waals surface area contributed by atoms with E-state index in [1.165, 1.54) is 0 Å². The van der Waals surface area contributed by atoms with Crippen LogP contribution in [-0.2, 0) is 14.3 Å². The fourth-order valence-corrected chi connectivity index (χ4v) is 1.19. The summed E-state index contributed by atoms with van der Waals surface area (Å²) in [5, 5.41) is 2.76. The van der Waals surface area contributed by atoms with Crippen LogP contribution in [0, 0.1) is 5.92 Å². The average Bonchev–Trinajstić information content (AvgIpc) is 2.15. The second kappa shape index (κ2) is 7.29. The number of hydrogen-bond donors (Lipinski definition) is 1. The molecule has 1 aliphatic heterocycles. The van der Waals surface area contributed by atoms with Crippen molar-refractivity contribution in [3.8, 4) is 0 Å². The molecule has 0 aromatic carbocycles. The number of nitrogens with one attached hydrogen (secondary N) is 1. The first-order valence-corrected chi connectivity index (χ1v) is 4.23. The second-order valence-electron chi connectivity index (χ2n) is 2.85. The van der Waals surface area contributed by atoms with Gasteiger partial charge in [-0.25, -0.2) is 0 Å². The molecule has 1 aliphatic rings. The maximum absolute atomic E-state index is 11.2. The van der Waals surface area contributed by atoms with E-state index < -0.39 is 0 Å². The van der Waals surface area contributed by atoms with E-state index in [-0.39, 0.29) is 28.9 Å². The molecular weight excluding hydrogens is 238 g/mol. The second-order valence-corrected chi connectivity index (χ2v) is 2.85. The SMILES string of the molecule is Br.CNCOC(=O)C1CCOCC1. The highest BCUT2D eigenvalue weighted by atomic mass is 79.9. The minimum Gasteiger partial charge on any atom is -0.450 e. The summed E-state index contributed by atoms with van der Waals surface area (Å²) in [6.07, 6.45) is 1.59. The van der Waals surface area contributed by atoms with Gasteiger partial charge in [-0.2, -0.15) is 0 Å². The van der Waals surface area contributed by atoms with Gasteiger partial charge in [0, 0.05) is 13.2 Å². The maximum Gasteiger partial charge on any atom is 0.310 e. The topological polar surface area (TPSA) is 47.6 Å². The van der Waals surface area contributed by atoms with Crippen molar-refractivity contribution < 1.29 is 14.3 Å². The number of rotatable bonds is 3. The molecule has 4 nitrogen and oxygen atoms in total. The lowest BCUT2D eigenvalue weighted by Gasteiger charge is -2.20. The van der Waals surface area contributed by atoms with E-state index in [0.29, 0.717) is 19.9 Å².